The number of benzene rings is 2. The molecule has 0 bridgehead atoms. The fourth-order valence-electron chi connectivity index (χ4n) is 2.44. The van der Waals surface area contributed by atoms with E-state index < -0.39 is 23.8 Å². The normalized spacial score (nSPS) is 12.4. The molecular weight excluding hydrogens is 403 g/mol. The number of nitrogens with two attached hydrogens (primary N) is 2. The molecule has 0 saturated carbocycles. The molecule has 0 aliphatic rings. The first-order valence-corrected chi connectivity index (χ1v) is 9.37. The molecule has 0 unspecified atom stereocenters. The van der Waals surface area contributed by atoms with Crippen molar-refractivity contribution >= 4 is 35.1 Å². The Morgan fingerprint density at radius 3 is 1.39 bits per heavy atom. The highest BCUT2D eigenvalue weighted by atomic mass is 35.5. The molecule has 0 spiro atoms. The van der Waals surface area contributed by atoms with Gasteiger partial charge in [0.05, 0.1) is 11.8 Å². The molecule has 6 nitrogen and oxygen atoms in total. The second-order valence-corrected chi connectivity index (χ2v) is 7.08. The smallest absolute Gasteiger partial charge is 0.308 e. The Balaban J connectivity index is 0.000000280. The summed E-state index contributed by atoms with van der Waals surface area (Å²) < 4.78 is 0. The average molecular weight is 427 g/mol. The Bertz CT molecular complexity index is 721. The van der Waals surface area contributed by atoms with Gasteiger partial charge in [-0.15, -0.1) is 0 Å². The van der Waals surface area contributed by atoms with E-state index in [1.807, 2.05) is 12.1 Å². The maximum atomic E-state index is 10.7. The van der Waals surface area contributed by atoms with E-state index in [1.54, 1.807) is 36.4 Å². The van der Waals surface area contributed by atoms with Crippen LogP contribution >= 0.6 is 23.2 Å². The molecule has 152 valence electrons. The van der Waals surface area contributed by atoms with Gasteiger partial charge in [-0.1, -0.05) is 47.5 Å². The lowest BCUT2D eigenvalue weighted by Gasteiger charge is -2.09. The summed E-state index contributed by atoms with van der Waals surface area (Å²) in [6.45, 7) is 0.281. The van der Waals surface area contributed by atoms with Gasteiger partial charge in [-0.25, -0.2) is 0 Å². The Kier molecular flexibility index (Phi) is 10.6. The van der Waals surface area contributed by atoms with Crippen molar-refractivity contribution in [3.63, 3.8) is 0 Å². The molecule has 2 atom stereocenters. The summed E-state index contributed by atoms with van der Waals surface area (Å²) in [7, 11) is 0. The summed E-state index contributed by atoms with van der Waals surface area (Å²) in [4.78, 5) is 21.4. The van der Waals surface area contributed by atoms with Crippen LogP contribution in [0.3, 0.4) is 0 Å². The standard InChI is InChI=1S/2C10H12ClNO2/c2*11-9-3-1-2-7(5-9)4-8(6-12)10(13)14/h2*1-3,5,8H,4,6,12H2,(H,13,14)/t2*8-/m00/s1. The van der Waals surface area contributed by atoms with Crippen molar-refractivity contribution in [2.45, 2.75) is 12.8 Å². The van der Waals surface area contributed by atoms with Gasteiger partial charge in [-0.05, 0) is 48.2 Å². The first-order chi connectivity index (χ1) is 13.3. The van der Waals surface area contributed by atoms with E-state index in [1.165, 1.54) is 0 Å². The van der Waals surface area contributed by atoms with Gasteiger partial charge in [0.1, 0.15) is 0 Å². The zero-order valence-electron chi connectivity index (χ0n) is 15.2. The van der Waals surface area contributed by atoms with E-state index in [0.29, 0.717) is 22.9 Å². The lowest BCUT2D eigenvalue weighted by Crippen LogP contribution is -2.25. The van der Waals surface area contributed by atoms with E-state index in [2.05, 4.69) is 0 Å². The highest BCUT2D eigenvalue weighted by Crippen LogP contribution is 2.15. The molecule has 2 aromatic carbocycles. The fraction of sp³-hybridized carbons (Fsp3) is 0.300. The van der Waals surface area contributed by atoms with Crippen molar-refractivity contribution in [1.29, 1.82) is 0 Å². The van der Waals surface area contributed by atoms with Gasteiger partial charge in [0.15, 0.2) is 0 Å². The fourth-order valence-corrected chi connectivity index (χ4v) is 2.87. The van der Waals surface area contributed by atoms with Crippen LogP contribution in [0.2, 0.25) is 10.0 Å². The first kappa shape index (κ1) is 23.9. The molecular formula is C20H24Cl2N2O4. The summed E-state index contributed by atoms with van der Waals surface area (Å²) >= 11 is 11.5. The van der Waals surface area contributed by atoms with E-state index in [4.69, 9.17) is 44.9 Å². The van der Waals surface area contributed by atoms with Crippen molar-refractivity contribution in [2.75, 3.05) is 13.1 Å². The number of rotatable bonds is 8. The summed E-state index contributed by atoms with van der Waals surface area (Å²) in [6, 6.07) is 14.3. The van der Waals surface area contributed by atoms with Gasteiger partial charge < -0.3 is 21.7 Å². The van der Waals surface area contributed by atoms with Crippen LogP contribution in [0.15, 0.2) is 48.5 Å². The molecule has 0 heterocycles. The van der Waals surface area contributed by atoms with Crippen molar-refractivity contribution < 1.29 is 19.8 Å². The molecule has 0 aliphatic heterocycles. The average Bonchev–Trinajstić information content (AvgIpc) is 2.64. The third-order valence-electron chi connectivity index (χ3n) is 4.01. The molecule has 0 fully saturated rings. The Hall–Kier alpha value is -2.12. The van der Waals surface area contributed by atoms with Crippen molar-refractivity contribution in [1.82, 2.24) is 0 Å². The molecule has 8 heteroatoms. The van der Waals surface area contributed by atoms with E-state index in [0.717, 1.165) is 11.1 Å². The predicted molar refractivity (Wildman–Crippen MR) is 111 cm³/mol. The minimum absolute atomic E-state index is 0.141. The molecule has 0 radical (unpaired) electrons. The number of halogens is 2. The van der Waals surface area contributed by atoms with E-state index >= 15 is 0 Å². The highest BCUT2D eigenvalue weighted by molar-refractivity contribution is 6.30. The molecule has 0 aliphatic carbocycles. The summed E-state index contributed by atoms with van der Waals surface area (Å²) in [6.07, 6.45) is 0.846. The van der Waals surface area contributed by atoms with Gasteiger partial charge >= 0.3 is 11.9 Å². The van der Waals surface area contributed by atoms with Gasteiger partial charge in [-0.2, -0.15) is 0 Å². The lowest BCUT2D eigenvalue weighted by atomic mass is 10.00. The first-order valence-electron chi connectivity index (χ1n) is 8.61. The lowest BCUT2D eigenvalue weighted by molar-refractivity contribution is -0.142. The molecule has 28 heavy (non-hydrogen) atoms. The number of carboxylic acid groups (broad SMARTS) is 2. The second-order valence-electron chi connectivity index (χ2n) is 6.21. The quantitative estimate of drug-likeness (QED) is 0.513. The van der Waals surface area contributed by atoms with Crippen LogP contribution in [0.1, 0.15) is 11.1 Å². The van der Waals surface area contributed by atoms with Crippen molar-refractivity contribution in [3.05, 3.63) is 69.7 Å². The predicted octanol–water partition coefficient (Wildman–Crippen LogP) is 3.08. The zero-order chi connectivity index (χ0) is 21.1. The van der Waals surface area contributed by atoms with Crippen LogP contribution < -0.4 is 11.5 Å². The van der Waals surface area contributed by atoms with Gasteiger partial charge in [-0.3, -0.25) is 9.59 Å². The molecule has 2 aromatic rings. The van der Waals surface area contributed by atoms with Crippen LogP contribution in [-0.2, 0) is 22.4 Å². The monoisotopic (exact) mass is 426 g/mol. The molecule has 2 rings (SSSR count). The van der Waals surface area contributed by atoms with Crippen LogP contribution in [0, 0.1) is 11.8 Å². The Morgan fingerprint density at radius 2 is 1.14 bits per heavy atom. The third kappa shape index (κ3) is 8.71. The SMILES string of the molecule is NC[C@H](Cc1cccc(Cl)c1)C(=O)O.NC[C@H](Cc1cccc(Cl)c1)C(=O)O. The van der Waals surface area contributed by atoms with Gasteiger partial charge in [0.25, 0.3) is 0 Å². The van der Waals surface area contributed by atoms with Crippen molar-refractivity contribution in [2.24, 2.45) is 23.3 Å². The number of carboxylic acids is 2. The van der Waals surface area contributed by atoms with E-state index in [-0.39, 0.29) is 13.1 Å². The minimum Gasteiger partial charge on any atom is -0.481 e. The van der Waals surface area contributed by atoms with Crippen LogP contribution in [-0.4, -0.2) is 35.2 Å². The van der Waals surface area contributed by atoms with Gasteiger partial charge in [0, 0.05) is 23.1 Å². The van der Waals surface area contributed by atoms with Crippen LogP contribution in [0.25, 0.3) is 0 Å². The maximum Gasteiger partial charge on any atom is 0.308 e. The highest BCUT2D eigenvalue weighted by Gasteiger charge is 2.16. The second kappa shape index (κ2) is 12.4. The van der Waals surface area contributed by atoms with Gasteiger partial charge in [0.2, 0.25) is 0 Å². The third-order valence-corrected chi connectivity index (χ3v) is 4.48. The number of hydrogen-bond acceptors (Lipinski definition) is 4. The zero-order valence-corrected chi connectivity index (χ0v) is 16.7. The molecule has 0 amide bonds. The summed E-state index contributed by atoms with van der Waals surface area (Å²) in [5.74, 6) is -2.80. The Morgan fingerprint density at radius 1 is 0.786 bits per heavy atom. The maximum absolute atomic E-state index is 10.7. The molecule has 0 aromatic heterocycles. The summed E-state index contributed by atoms with van der Waals surface area (Å²) in [5, 5.41) is 18.8. The van der Waals surface area contributed by atoms with Crippen molar-refractivity contribution in [3.8, 4) is 0 Å². The minimum atomic E-state index is -0.868. The summed E-state index contributed by atoms with van der Waals surface area (Å²) in [5.41, 5.74) is 12.5. The van der Waals surface area contributed by atoms with Crippen LogP contribution in [0.4, 0.5) is 0 Å². The largest absolute Gasteiger partial charge is 0.481 e. The number of hydrogen-bond donors (Lipinski definition) is 4. The topological polar surface area (TPSA) is 127 Å². The number of aliphatic carboxylic acids is 2. The Labute approximate surface area is 174 Å². The van der Waals surface area contributed by atoms with E-state index in [9.17, 15) is 9.59 Å². The molecule has 6 N–H and O–H groups in total. The molecule has 0 saturated heterocycles. The van der Waals surface area contributed by atoms with Crippen LogP contribution in [0.5, 0.6) is 0 Å². The number of carbonyl (C=O) groups is 2.